The van der Waals surface area contributed by atoms with Crippen LogP contribution in [0.15, 0.2) is 41.9 Å². The Labute approximate surface area is 156 Å². The number of rotatable bonds is 4. The molecule has 11 heteroatoms. The summed E-state index contributed by atoms with van der Waals surface area (Å²) in [6.07, 6.45) is -2.27. The number of pyridine rings is 1. The van der Waals surface area contributed by atoms with E-state index in [0.717, 1.165) is 12.3 Å². The Hall–Kier alpha value is -3.37. The van der Waals surface area contributed by atoms with E-state index in [1.54, 1.807) is 6.92 Å². The smallest absolute Gasteiger partial charge is 0.433 e. The third-order valence-corrected chi connectivity index (χ3v) is 3.96. The van der Waals surface area contributed by atoms with Crippen molar-refractivity contribution < 1.29 is 32.6 Å². The molecule has 3 rings (SSSR count). The van der Waals surface area contributed by atoms with Crippen LogP contribution in [0.25, 0.3) is 5.69 Å². The lowest BCUT2D eigenvalue weighted by atomic mass is 10.0. The number of aromatic nitrogens is 3. The van der Waals surface area contributed by atoms with E-state index in [9.17, 15) is 27.9 Å². The lowest BCUT2D eigenvalue weighted by Gasteiger charge is -2.23. The van der Waals surface area contributed by atoms with Gasteiger partial charge in [0.25, 0.3) is 5.91 Å². The Morgan fingerprint density at radius 1 is 1.43 bits per heavy atom. The highest BCUT2D eigenvalue weighted by atomic mass is 19.4. The molecule has 0 aliphatic carbocycles. The van der Waals surface area contributed by atoms with Gasteiger partial charge in [-0.2, -0.15) is 18.3 Å². The molecule has 1 unspecified atom stereocenters. The third-order valence-electron chi connectivity index (χ3n) is 3.96. The van der Waals surface area contributed by atoms with Crippen molar-refractivity contribution >= 4 is 11.9 Å². The van der Waals surface area contributed by atoms with Crippen LogP contribution in [0.1, 0.15) is 30.8 Å². The quantitative estimate of drug-likeness (QED) is 0.606. The molecule has 0 spiro atoms. The molecule has 28 heavy (non-hydrogen) atoms. The van der Waals surface area contributed by atoms with Gasteiger partial charge in [0.1, 0.15) is 11.5 Å². The van der Waals surface area contributed by atoms with Crippen molar-refractivity contribution in [1.82, 2.24) is 20.1 Å². The van der Waals surface area contributed by atoms with Crippen molar-refractivity contribution in [3.63, 3.8) is 0 Å². The first-order chi connectivity index (χ1) is 13.2. The Morgan fingerprint density at radius 2 is 2.18 bits per heavy atom. The summed E-state index contributed by atoms with van der Waals surface area (Å²) in [7, 11) is 0. The molecule has 2 N–H and O–H groups in total. The minimum Gasteiger partial charge on any atom is -0.511 e. The van der Waals surface area contributed by atoms with Gasteiger partial charge in [0, 0.05) is 18.8 Å². The molecule has 0 bridgehead atoms. The molecular formula is C17H15F3N4O4. The average Bonchev–Trinajstić information content (AvgIpc) is 3.11. The van der Waals surface area contributed by atoms with Crippen LogP contribution in [0.5, 0.6) is 0 Å². The van der Waals surface area contributed by atoms with Crippen LogP contribution in [-0.4, -0.2) is 38.4 Å². The minimum atomic E-state index is -4.59. The van der Waals surface area contributed by atoms with Crippen LogP contribution in [0.2, 0.25) is 0 Å². The molecule has 0 aromatic carbocycles. The highest BCUT2D eigenvalue weighted by Gasteiger charge is 2.34. The van der Waals surface area contributed by atoms with Crippen molar-refractivity contribution in [2.75, 3.05) is 6.61 Å². The van der Waals surface area contributed by atoms with Gasteiger partial charge in [0.15, 0.2) is 5.57 Å². The summed E-state index contributed by atoms with van der Waals surface area (Å²) >= 11 is 0. The molecule has 0 saturated carbocycles. The van der Waals surface area contributed by atoms with E-state index in [1.807, 2.05) is 0 Å². The number of hydrogen-bond donors (Lipinski definition) is 2. The molecule has 148 valence electrons. The van der Waals surface area contributed by atoms with Gasteiger partial charge in [0.05, 0.1) is 24.0 Å². The second-order valence-corrected chi connectivity index (χ2v) is 5.85. The molecule has 2 aromatic heterocycles. The molecule has 1 aliphatic heterocycles. The van der Waals surface area contributed by atoms with Gasteiger partial charge in [-0.1, -0.05) is 0 Å². The Kier molecular flexibility index (Phi) is 5.08. The summed E-state index contributed by atoms with van der Waals surface area (Å²) in [6.45, 7) is 1.61. The highest BCUT2D eigenvalue weighted by molar-refractivity contribution is 6.17. The van der Waals surface area contributed by atoms with Crippen LogP contribution in [0, 0.1) is 0 Å². The molecule has 0 saturated heterocycles. The molecule has 1 amide bonds. The molecule has 1 aliphatic rings. The number of alkyl halides is 3. The summed E-state index contributed by atoms with van der Waals surface area (Å²) < 4.78 is 44.4. The van der Waals surface area contributed by atoms with Crippen molar-refractivity contribution in [3.8, 4) is 5.69 Å². The van der Waals surface area contributed by atoms with Gasteiger partial charge in [-0.05, 0) is 25.1 Å². The predicted octanol–water partition coefficient (Wildman–Crippen LogP) is 2.22. The molecule has 2 aromatic rings. The van der Waals surface area contributed by atoms with Crippen molar-refractivity contribution in [1.29, 1.82) is 0 Å². The monoisotopic (exact) mass is 396 g/mol. The summed E-state index contributed by atoms with van der Waals surface area (Å²) in [6, 6.07) is 2.92. The van der Waals surface area contributed by atoms with E-state index in [0.29, 0.717) is 5.69 Å². The van der Waals surface area contributed by atoms with Crippen LogP contribution < -0.4 is 5.32 Å². The topological polar surface area (TPSA) is 106 Å². The van der Waals surface area contributed by atoms with Crippen LogP contribution in [0.3, 0.4) is 0 Å². The zero-order valence-corrected chi connectivity index (χ0v) is 14.5. The summed E-state index contributed by atoms with van der Waals surface area (Å²) in [4.78, 5) is 27.2. The van der Waals surface area contributed by atoms with Crippen LogP contribution in [-0.2, 0) is 20.5 Å². The van der Waals surface area contributed by atoms with E-state index >= 15 is 0 Å². The van der Waals surface area contributed by atoms with E-state index in [2.05, 4.69) is 15.4 Å². The Bertz CT molecular complexity index is 952. The second-order valence-electron chi connectivity index (χ2n) is 5.85. The molecule has 1 atom stereocenters. The van der Waals surface area contributed by atoms with Crippen molar-refractivity contribution in [2.24, 2.45) is 0 Å². The van der Waals surface area contributed by atoms with Crippen molar-refractivity contribution in [2.45, 2.75) is 25.6 Å². The first-order valence-corrected chi connectivity index (χ1v) is 8.20. The van der Waals surface area contributed by atoms with Crippen LogP contribution in [0.4, 0.5) is 13.2 Å². The van der Waals surface area contributed by atoms with Gasteiger partial charge < -0.3 is 15.2 Å². The largest absolute Gasteiger partial charge is 0.511 e. The molecule has 8 nitrogen and oxygen atoms in total. The van der Waals surface area contributed by atoms with Crippen molar-refractivity contribution in [3.05, 3.63) is 53.3 Å². The zero-order chi connectivity index (χ0) is 20.5. The second kappa shape index (κ2) is 7.33. The fourth-order valence-electron chi connectivity index (χ4n) is 2.68. The molecule has 0 radical (unpaired) electrons. The Balaban J connectivity index is 1.84. The minimum absolute atomic E-state index is 0.0442. The normalized spacial score (nSPS) is 17.4. The number of hydrogen-bond acceptors (Lipinski definition) is 6. The standard InChI is InChI=1S/C17H15F3N4O4/c1-2-28-16(27)14-12(25)8-11(22-15(14)26)10-4-6-24(23-10)9-3-5-21-13(7-9)17(18,19)20/h3-7,11,25H,2,8H2,1H3,(H,22,26). The van der Waals surface area contributed by atoms with Gasteiger partial charge in [0.2, 0.25) is 0 Å². The maximum Gasteiger partial charge on any atom is 0.433 e. The number of carbonyl (C=O) groups excluding carboxylic acids is 2. The third kappa shape index (κ3) is 3.82. The van der Waals surface area contributed by atoms with Gasteiger partial charge in [-0.15, -0.1) is 0 Å². The van der Waals surface area contributed by atoms with E-state index in [4.69, 9.17) is 4.74 Å². The Morgan fingerprint density at radius 3 is 2.82 bits per heavy atom. The van der Waals surface area contributed by atoms with E-state index in [-0.39, 0.29) is 18.7 Å². The number of amides is 1. The number of aliphatic hydroxyl groups is 1. The first kappa shape index (κ1) is 19.4. The number of esters is 1. The summed E-state index contributed by atoms with van der Waals surface area (Å²) in [5.74, 6) is -2.19. The molecular weight excluding hydrogens is 381 g/mol. The summed E-state index contributed by atoms with van der Waals surface area (Å²) in [5.41, 5.74) is -1.11. The maximum atomic E-state index is 12.8. The number of aliphatic hydroxyl groups excluding tert-OH is 1. The highest BCUT2D eigenvalue weighted by Crippen LogP contribution is 2.29. The fourth-order valence-corrected chi connectivity index (χ4v) is 2.68. The van der Waals surface area contributed by atoms with Gasteiger partial charge in [-0.3, -0.25) is 9.78 Å². The zero-order valence-electron chi connectivity index (χ0n) is 14.5. The first-order valence-electron chi connectivity index (χ1n) is 8.20. The molecule has 3 heterocycles. The SMILES string of the molecule is CCOC(=O)C1=C(O)CC(c2ccn(-c3ccnc(C(F)(F)F)c3)n2)NC1=O. The lowest BCUT2D eigenvalue weighted by Crippen LogP contribution is -2.38. The molecule has 0 fully saturated rings. The lowest BCUT2D eigenvalue weighted by molar-refractivity contribution is -0.142. The van der Waals surface area contributed by atoms with E-state index in [1.165, 1.54) is 23.0 Å². The van der Waals surface area contributed by atoms with Crippen LogP contribution >= 0.6 is 0 Å². The average molecular weight is 396 g/mol. The number of nitrogens with zero attached hydrogens (tertiary/aromatic N) is 3. The van der Waals surface area contributed by atoms with Gasteiger partial charge >= 0.3 is 12.1 Å². The number of halogens is 3. The maximum absolute atomic E-state index is 12.8. The fraction of sp³-hybridized carbons (Fsp3) is 0.294. The number of nitrogens with one attached hydrogen (secondary N) is 1. The number of ether oxygens (including phenoxy) is 1. The summed E-state index contributed by atoms with van der Waals surface area (Å²) in [5, 5.41) is 16.8. The van der Waals surface area contributed by atoms with E-state index < -0.39 is 41.1 Å². The van der Waals surface area contributed by atoms with Gasteiger partial charge in [-0.25, -0.2) is 9.48 Å². The predicted molar refractivity (Wildman–Crippen MR) is 88.1 cm³/mol. The number of carbonyl (C=O) groups is 2.